The molecule has 0 saturated heterocycles. The summed E-state index contributed by atoms with van der Waals surface area (Å²) in [5, 5.41) is 9.08. The first-order valence-corrected chi connectivity index (χ1v) is 7.78. The van der Waals surface area contributed by atoms with Gasteiger partial charge < -0.3 is 10.6 Å². The molecule has 1 aromatic rings. The summed E-state index contributed by atoms with van der Waals surface area (Å²) in [4.78, 5) is 1.42. The van der Waals surface area contributed by atoms with Crippen molar-refractivity contribution in [3.63, 3.8) is 0 Å². The Kier molecular flexibility index (Phi) is 6.13. The van der Waals surface area contributed by atoms with Gasteiger partial charge in [-0.3, -0.25) is 0 Å². The average Bonchev–Trinajstić information content (AvgIpc) is 2.64. The second-order valence-electron chi connectivity index (χ2n) is 5.30. The van der Waals surface area contributed by atoms with E-state index in [9.17, 15) is 0 Å². The van der Waals surface area contributed by atoms with Crippen molar-refractivity contribution in [1.82, 2.24) is 10.6 Å². The zero-order chi connectivity index (χ0) is 12.9. The lowest BCUT2D eigenvalue weighted by Crippen LogP contribution is -2.37. The number of thiophene rings is 1. The van der Waals surface area contributed by atoms with Crippen LogP contribution in [0.5, 0.6) is 0 Å². The van der Waals surface area contributed by atoms with Crippen LogP contribution in [0, 0.1) is 0 Å². The van der Waals surface area contributed by atoms with Crippen LogP contribution in [0.4, 0.5) is 0 Å². The van der Waals surface area contributed by atoms with Gasteiger partial charge in [-0.1, -0.05) is 27.7 Å². The fourth-order valence-corrected chi connectivity index (χ4v) is 3.16. The highest BCUT2D eigenvalue weighted by Gasteiger charge is 2.21. The highest BCUT2D eigenvalue weighted by atomic mass is 79.9. The van der Waals surface area contributed by atoms with Crippen LogP contribution >= 0.6 is 27.3 Å². The first-order valence-electron chi connectivity index (χ1n) is 6.10. The smallest absolute Gasteiger partial charge is 0.0285 e. The maximum absolute atomic E-state index is 3.52. The van der Waals surface area contributed by atoms with Gasteiger partial charge in [-0.25, -0.2) is 0 Å². The Bertz CT molecular complexity index is 334. The highest BCUT2D eigenvalue weighted by Crippen LogP contribution is 2.30. The summed E-state index contributed by atoms with van der Waals surface area (Å²) in [6.45, 7) is 12.0. The zero-order valence-electron chi connectivity index (χ0n) is 11.1. The van der Waals surface area contributed by atoms with Gasteiger partial charge in [0.25, 0.3) is 0 Å². The molecule has 17 heavy (non-hydrogen) atoms. The molecule has 0 amide bonds. The fraction of sp³-hybridized carbons (Fsp3) is 0.692. The fourth-order valence-electron chi connectivity index (χ4n) is 1.61. The molecule has 0 aromatic carbocycles. The van der Waals surface area contributed by atoms with Gasteiger partial charge in [-0.2, -0.15) is 0 Å². The van der Waals surface area contributed by atoms with Gasteiger partial charge in [0, 0.05) is 45.8 Å². The molecule has 1 heterocycles. The summed E-state index contributed by atoms with van der Waals surface area (Å²) >= 11 is 5.34. The van der Waals surface area contributed by atoms with Gasteiger partial charge in [-0.05, 0) is 22.0 Å². The normalized spacial score (nSPS) is 12.4. The highest BCUT2D eigenvalue weighted by molar-refractivity contribution is 9.10. The Balaban J connectivity index is 2.30. The van der Waals surface area contributed by atoms with E-state index in [1.807, 2.05) is 11.3 Å². The molecular weight excluding hydrogens is 296 g/mol. The zero-order valence-corrected chi connectivity index (χ0v) is 13.5. The van der Waals surface area contributed by atoms with Crippen molar-refractivity contribution in [1.29, 1.82) is 0 Å². The summed E-state index contributed by atoms with van der Waals surface area (Å²) < 4.78 is 1.19. The SMILES string of the molecule is CC(C)NCCNCC(C)(C)c1cc(Br)cs1. The molecule has 0 spiro atoms. The average molecular weight is 319 g/mol. The monoisotopic (exact) mass is 318 g/mol. The van der Waals surface area contributed by atoms with Gasteiger partial charge in [0.1, 0.15) is 0 Å². The van der Waals surface area contributed by atoms with Crippen molar-refractivity contribution < 1.29 is 0 Å². The molecule has 2 N–H and O–H groups in total. The largest absolute Gasteiger partial charge is 0.315 e. The molecule has 0 unspecified atom stereocenters. The van der Waals surface area contributed by atoms with Crippen LogP contribution in [0.2, 0.25) is 0 Å². The van der Waals surface area contributed by atoms with Gasteiger partial charge in [0.15, 0.2) is 0 Å². The van der Waals surface area contributed by atoms with Gasteiger partial charge >= 0.3 is 0 Å². The van der Waals surface area contributed by atoms with Crippen LogP contribution in [-0.2, 0) is 5.41 Å². The van der Waals surface area contributed by atoms with E-state index in [1.165, 1.54) is 9.35 Å². The quantitative estimate of drug-likeness (QED) is 0.753. The van der Waals surface area contributed by atoms with Crippen molar-refractivity contribution in [2.45, 2.75) is 39.2 Å². The summed E-state index contributed by atoms with van der Waals surface area (Å²) in [7, 11) is 0. The number of halogens is 1. The molecule has 0 aliphatic rings. The van der Waals surface area contributed by atoms with E-state index in [-0.39, 0.29) is 5.41 Å². The predicted molar refractivity (Wildman–Crippen MR) is 81.1 cm³/mol. The topological polar surface area (TPSA) is 24.1 Å². The third-order valence-corrected chi connectivity index (χ3v) is 4.71. The molecule has 0 atom stereocenters. The molecule has 1 aromatic heterocycles. The van der Waals surface area contributed by atoms with Crippen LogP contribution in [0.1, 0.15) is 32.6 Å². The van der Waals surface area contributed by atoms with Crippen LogP contribution < -0.4 is 10.6 Å². The molecule has 4 heteroatoms. The van der Waals surface area contributed by atoms with Gasteiger partial charge in [-0.15, -0.1) is 11.3 Å². The molecule has 98 valence electrons. The van der Waals surface area contributed by atoms with E-state index in [2.05, 4.69) is 65.7 Å². The van der Waals surface area contributed by atoms with Crippen molar-refractivity contribution >= 4 is 27.3 Å². The Labute approximate surface area is 117 Å². The Morgan fingerprint density at radius 2 is 2.06 bits per heavy atom. The molecule has 2 nitrogen and oxygen atoms in total. The van der Waals surface area contributed by atoms with Gasteiger partial charge in [0.2, 0.25) is 0 Å². The lowest BCUT2D eigenvalue weighted by molar-refractivity contribution is 0.465. The van der Waals surface area contributed by atoms with E-state index in [0.717, 1.165) is 19.6 Å². The van der Waals surface area contributed by atoms with Crippen LogP contribution in [0.15, 0.2) is 15.9 Å². The minimum Gasteiger partial charge on any atom is -0.315 e. The Hall–Kier alpha value is 0.1000. The summed E-state index contributed by atoms with van der Waals surface area (Å²) in [6, 6.07) is 2.79. The maximum Gasteiger partial charge on any atom is 0.0285 e. The molecule has 1 rings (SSSR count). The summed E-state index contributed by atoms with van der Waals surface area (Å²) in [5.74, 6) is 0. The number of nitrogens with one attached hydrogen (secondary N) is 2. The number of hydrogen-bond donors (Lipinski definition) is 2. The third-order valence-electron chi connectivity index (χ3n) is 2.66. The minimum absolute atomic E-state index is 0.203. The second-order valence-corrected chi connectivity index (χ2v) is 7.13. The van der Waals surface area contributed by atoms with Crippen molar-refractivity contribution in [2.75, 3.05) is 19.6 Å². The second kappa shape index (κ2) is 6.88. The Morgan fingerprint density at radius 1 is 1.35 bits per heavy atom. The van der Waals surface area contributed by atoms with Crippen LogP contribution in [0.3, 0.4) is 0 Å². The molecule has 0 saturated carbocycles. The van der Waals surface area contributed by atoms with E-state index < -0.39 is 0 Å². The van der Waals surface area contributed by atoms with Crippen molar-refractivity contribution in [2.24, 2.45) is 0 Å². The minimum atomic E-state index is 0.203. The first-order chi connectivity index (χ1) is 7.92. The number of hydrogen-bond acceptors (Lipinski definition) is 3. The maximum atomic E-state index is 3.52. The standard InChI is InChI=1S/C13H23BrN2S/c1-10(2)16-6-5-15-9-13(3,4)12-7-11(14)8-17-12/h7-8,10,15-16H,5-6,9H2,1-4H3. The van der Waals surface area contributed by atoms with Crippen LogP contribution in [0.25, 0.3) is 0 Å². The van der Waals surface area contributed by atoms with Crippen molar-refractivity contribution in [3.8, 4) is 0 Å². The van der Waals surface area contributed by atoms with Crippen molar-refractivity contribution in [3.05, 3.63) is 20.8 Å². The molecule has 0 radical (unpaired) electrons. The van der Waals surface area contributed by atoms with E-state index in [1.54, 1.807) is 0 Å². The first kappa shape index (κ1) is 15.2. The number of rotatable bonds is 7. The molecule has 0 fully saturated rings. The third kappa shape index (κ3) is 5.51. The predicted octanol–water partition coefficient (Wildman–Crippen LogP) is 3.38. The van der Waals surface area contributed by atoms with Gasteiger partial charge in [0.05, 0.1) is 0 Å². The summed E-state index contributed by atoms with van der Waals surface area (Å²) in [6.07, 6.45) is 0. The molecular formula is C13H23BrN2S. The molecule has 0 bridgehead atoms. The molecule has 0 aliphatic carbocycles. The van der Waals surface area contributed by atoms with E-state index in [4.69, 9.17) is 0 Å². The van der Waals surface area contributed by atoms with E-state index >= 15 is 0 Å². The van der Waals surface area contributed by atoms with E-state index in [0.29, 0.717) is 6.04 Å². The molecule has 0 aliphatic heterocycles. The lowest BCUT2D eigenvalue weighted by atomic mass is 9.91. The lowest BCUT2D eigenvalue weighted by Gasteiger charge is -2.24. The Morgan fingerprint density at radius 3 is 2.59 bits per heavy atom. The summed E-state index contributed by atoms with van der Waals surface area (Å²) in [5.41, 5.74) is 0.203. The van der Waals surface area contributed by atoms with Crippen LogP contribution in [-0.4, -0.2) is 25.7 Å².